The number of nitrogens with zero attached hydrogens (tertiary/aromatic N) is 2. The number of amides is 2. The van der Waals surface area contributed by atoms with Gasteiger partial charge in [0, 0.05) is 51.6 Å². The number of hydrogen-bond acceptors (Lipinski definition) is 3. The summed E-state index contributed by atoms with van der Waals surface area (Å²) < 4.78 is 0. The highest BCUT2D eigenvalue weighted by atomic mass is 16.2. The normalized spacial score (nSPS) is 29.8. The van der Waals surface area contributed by atoms with Crippen LogP contribution >= 0.6 is 0 Å². The number of rotatable bonds is 3. The van der Waals surface area contributed by atoms with E-state index in [0.717, 1.165) is 51.5 Å². The fourth-order valence-electron chi connectivity index (χ4n) is 3.34. The molecule has 0 aromatic heterocycles. The summed E-state index contributed by atoms with van der Waals surface area (Å²) in [5.41, 5.74) is 0. The second-order valence-electron chi connectivity index (χ2n) is 6.40. The molecule has 5 heteroatoms. The van der Waals surface area contributed by atoms with Gasteiger partial charge in [-0.1, -0.05) is 0 Å². The van der Waals surface area contributed by atoms with E-state index in [1.807, 2.05) is 0 Å². The van der Waals surface area contributed by atoms with Crippen LogP contribution in [0, 0.1) is 5.92 Å². The van der Waals surface area contributed by atoms with Crippen molar-refractivity contribution < 1.29 is 9.59 Å². The third kappa shape index (κ3) is 3.51. The molecule has 0 aromatic carbocycles. The molecule has 1 saturated carbocycles. The molecule has 1 atom stereocenters. The lowest BCUT2D eigenvalue weighted by atomic mass is 10.1. The number of carbonyl (C=O) groups excluding carboxylic acids is 2. The van der Waals surface area contributed by atoms with Gasteiger partial charge in [-0.15, -0.1) is 0 Å². The maximum absolute atomic E-state index is 12.2. The van der Waals surface area contributed by atoms with Gasteiger partial charge in [0.05, 0.1) is 0 Å². The summed E-state index contributed by atoms with van der Waals surface area (Å²) in [6.07, 6.45) is 5.88. The number of hydrogen-bond donors (Lipinski definition) is 1. The fourth-order valence-corrected chi connectivity index (χ4v) is 3.34. The second kappa shape index (κ2) is 6.12. The van der Waals surface area contributed by atoms with Crippen molar-refractivity contribution in [1.82, 2.24) is 15.1 Å². The minimum atomic E-state index is 0.160. The van der Waals surface area contributed by atoms with Gasteiger partial charge in [0.25, 0.3) is 0 Å². The van der Waals surface area contributed by atoms with Gasteiger partial charge in [0.2, 0.25) is 11.8 Å². The SMILES string of the molecule is O=C1CCN(C2CCC(=O)N(CC3CC3)CC2)CCN1. The first kappa shape index (κ1) is 13.9. The highest BCUT2D eigenvalue weighted by Crippen LogP contribution is 2.31. The van der Waals surface area contributed by atoms with Gasteiger partial charge in [-0.25, -0.2) is 0 Å². The maximum atomic E-state index is 12.2. The predicted octanol–water partition coefficient (Wildman–Crippen LogP) is 0.599. The molecule has 2 amide bonds. The van der Waals surface area contributed by atoms with Crippen LogP contribution in [0.4, 0.5) is 0 Å². The van der Waals surface area contributed by atoms with Crippen LogP contribution in [0.25, 0.3) is 0 Å². The van der Waals surface area contributed by atoms with Gasteiger partial charge >= 0.3 is 0 Å². The number of carbonyl (C=O) groups is 2. The first-order valence-corrected chi connectivity index (χ1v) is 8.01. The van der Waals surface area contributed by atoms with Crippen LogP contribution in [0.1, 0.15) is 38.5 Å². The van der Waals surface area contributed by atoms with Crippen LogP contribution in [0.5, 0.6) is 0 Å². The summed E-state index contributed by atoms with van der Waals surface area (Å²) in [7, 11) is 0. The fraction of sp³-hybridized carbons (Fsp3) is 0.867. The van der Waals surface area contributed by atoms with Gasteiger partial charge in [0.1, 0.15) is 0 Å². The average molecular weight is 279 g/mol. The molecule has 0 radical (unpaired) electrons. The topological polar surface area (TPSA) is 52.7 Å². The molecule has 20 heavy (non-hydrogen) atoms. The van der Waals surface area contributed by atoms with Crippen molar-refractivity contribution in [3.63, 3.8) is 0 Å². The molecule has 1 aliphatic carbocycles. The van der Waals surface area contributed by atoms with Gasteiger partial charge in [0.15, 0.2) is 0 Å². The molecule has 2 heterocycles. The van der Waals surface area contributed by atoms with E-state index in [-0.39, 0.29) is 5.91 Å². The van der Waals surface area contributed by atoms with Gasteiger partial charge < -0.3 is 10.2 Å². The van der Waals surface area contributed by atoms with E-state index in [1.165, 1.54) is 12.8 Å². The van der Waals surface area contributed by atoms with Crippen molar-refractivity contribution in [2.24, 2.45) is 5.92 Å². The standard InChI is InChI=1S/C15H25N3O2/c19-14-6-9-17(10-7-16-14)13-3-4-15(20)18(8-5-13)11-12-1-2-12/h12-13H,1-11H2,(H,16,19). The molecule has 5 nitrogen and oxygen atoms in total. The molecule has 3 rings (SSSR count). The van der Waals surface area contributed by atoms with Crippen LogP contribution in [0.3, 0.4) is 0 Å². The van der Waals surface area contributed by atoms with E-state index in [2.05, 4.69) is 15.1 Å². The summed E-state index contributed by atoms with van der Waals surface area (Å²) in [6.45, 7) is 4.39. The van der Waals surface area contributed by atoms with Crippen molar-refractivity contribution in [2.75, 3.05) is 32.7 Å². The van der Waals surface area contributed by atoms with E-state index in [9.17, 15) is 9.59 Å². The molecule has 0 bridgehead atoms. The van der Waals surface area contributed by atoms with Crippen molar-refractivity contribution >= 4 is 11.8 Å². The largest absolute Gasteiger partial charge is 0.355 e. The summed E-state index contributed by atoms with van der Waals surface area (Å²) in [5.74, 6) is 1.27. The van der Waals surface area contributed by atoms with E-state index in [1.54, 1.807) is 0 Å². The van der Waals surface area contributed by atoms with Gasteiger partial charge in [-0.2, -0.15) is 0 Å². The molecular weight excluding hydrogens is 254 g/mol. The summed E-state index contributed by atoms with van der Waals surface area (Å²) in [4.78, 5) is 28.1. The Hall–Kier alpha value is -1.10. The first-order valence-electron chi connectivity index (χ1n) is 8.01. The van der Waals surface area contributed by atoms with Crippen LogP contribution in [-0.4, -0.2) is 60.4 Å². The van der Waals surface area contributed by atoms with Crippen LogP contribution in [0.2, 0.25) is 0 Å². The molecule has 1 unspecified atom stereocenters. The Morgan fingerprint density at radius 3 is 2.65 bits per heavy atom. The Kier molecular flexibility index (Phi) is 4.24. The summed E-state index contributed by atoms with van der Waals surface area (Å²) in [5, 5.41) is 2.92. The lowest BCUT2D eigenvalue weighted by molar-refractivity contribution is -0.131. The molecule has 112 valence electrons. The highest BCUT2D eigenvalue weighted by Gasteiger charge is 2.31. The Labute approximate surface area is 120 Å². The molecule has 2 aliphatic heterocycles. The van der Waals surface area contributed by atoms with Gasteiger partial charge in [-0.3, -0.25) is 14.5 Å². The molecule has 3 aliphatic rings. The van der Waals surface area contributed by atoms with E-state index >= 15 is 0 Å². The van der Waals surface area contributed by atoms with Gasteiger partial charge in [-0.05, 0) is 31.6 Å². The molecular formula is C15H25N3O2. The predicted molar refractivity (Wildman–Crippen MR) is 76.1 cm³/mol. The monoisotopic (exact) mass is 279 g/mol. The van der Waals surface area contributed by atoms with E-state index in [0.29, 0.717) is 24.8 Å². The first-order chi connectivity index (χ1) is 9.72. The van der Waals surface area contributed by atoms with Crippen LogP contribution in [0.15, 0.2) is 0 Å². The third-order valence-corrected chi connectivity index (χ3v) is 4.82. The van der Waals surface area contributed by atoms with Crippen LogP contribution in [-0.2, 0) is 9.59 Å². The van der Waals surface area contributed by atoms with Crippen LogP contribution < -0.4 is 5.32 Å². The second-order valence-corrected chi connectivity index (χ2v) is 6.40. The molecule has 1 N–H and O–H groups in total. The molecule has 0 aromatic rings. The smallest absolute Gasteiger partial charge is 0.222 e. The lowest BCUT2D eigenvalue weighted by Crippen LogP contribution is -2.38. The molecule has 2 saturated heterocycles. The Balaban J connectivity index is 1.55. The quantitative estimate of drug-likeness (QED) is 0.823. The van der Waals surface area contributed by atoms with E-state index in [4.69, 9.17) is 0 Å². The Morgan fingerprint density at radius 2 is 1.85 bits per heavy atom. The Morgan fingerprint density at radius 1 is 1.00 bits per heavy atom. The van der Waals surface area contributed by atoms with Crippen molar-refractivity contribution in [1.29, 1.82) is 0 Å². The summed E-state index contributed by atoms with van der Waals surface area (Å²) >= 11 is 0. The van der Waals surface area contributed by atoms with Crippen molar-refractivity contribution in [3.05, 3.63) is 0 Å². The zero-order valence-electron chi connectivity index (χ0n) is 12.1. The maximum Gasteiger partial charge on any atom is 0.222 e. The number of likely N-dealkylation sites (tertiary alicyclic amines) is 1. The molecule has 0 spiro atoms. The summed E-state index contributed by atoms with van der Waals surface area (Å²) in [6, 6.07) is 0.468. The minimum Gasteiger partial charge on any atom is -0.355 e. The van der Waals surface area contributed by atoms with Crippen molar-refractivity contribution in [2.45, 2.75) is 44.6 Å². The Bertz CT molecular complexity index is 381. The van der Waals surface area contributed by atoms with Crippen molar-refractivity contribution in [3.8, 4) is 0 Å². The number of nitrogens with one attached hydrogen (secondary N) is 1. The highest BCUT2D eigenvalue weighted by molar-refractivity contribution is 5.77. The minimum absolute atomic E-state index is 0.160. The zero-order valence-corrected chi connectivity index (χ0v) is 12.1. The molecule has 3 fully saturated rings. The lowest BCUT2D eigenvalue weighted by Gasteiger charge is -2.29. The zero-order chi connectivity index (χ0) is 13.9. The average Bonchev–Trinajstić information content (AvgIpc) is 3.25. The third-order valence-electron chi connectivity index (χ3n) is 4.82. The van der Waals surface area contributed by atoms with E-state index < -0.39 is 0 Å².